The number of hydrogen-bond donors (Lipinski definition) is 2. The first-order valence-electron chi connectivity index (χ1n) is 11.5. The van der Waals surface area contributed by atoms with E-state index >= 15 is 0 Å². The Morgan fingerprint density at radius 1 is 1.06 bits per heavy atom. The molecule has 4 rings (SSSR count). The summed E-state index contributed by atoms with van der Waals surface area (Å²) in [5.74, 6) is -0.360. The number of carboxylic acid groups (broad SMARTS) is 1. The van der Waals surface area contributed by atoms with E-state index in [9.17, 15) is 19.9 Å². The third-order valence-corrected chi connectivity index (χ3v) is 6.60. The van der Waals surface area contributed by atoms with Crippen LogP contribution in [0.5, 0.6) is 5.75 Å². The minimum absolute atomic E-state index is 0.0982. The number of benzene rings is 3. The molecule has 8 nitrogen and oxygen atoms in total. The highest BCUT2D eigenvalue weighted by Crippen LogP contribution is 2.22. The Bertz CT molecular complexity index is 1410. The number of rotatable bonds is 11. The zero-order chi connectivity index (χ0) is 25.5. The maximum atomic E-state index is 12.6. The second-order valence-electron chi connectivity index (χ2n) is 8.00. The summed E-state index contributed by atoms with van der Waals surface area (Å²) in [7, 11) is 0. The van der Waals surface area contributed by atoms with E-state index in [1.807, 2.05) is 60.7 Å². The molecule has 36 heavy (non-hydrogen) atoms. The fourth-order valence-corrected chi connectivity index (χ4v) is 4.87. The standard InChI is InChI=1S/C27H26N2O6S/c1-2-34-23(26(30)31)16-18-8-11-21(12-9-18)35-15-14-29-22-13-10-20(17-24(22)36-27(29)32)25(28-33)19-6-4-3-5-7-19/h3-13,17,23,33H,2,14-16H2,1H3,(H,30,31)/b28-25-. The molecule has 0 fully saturated rings. The van der Waals surface area contributed by atoms with Crippen molar-refractivity contribution in [3.63, 3.8) is 0 Å². The fraction of sp³-hybridized carbons (Fsp3) is 0.222. The molecule has 1 unspecified atom stereocenters. The molecule has 2 N–H and O–H groups in total. The second-order valence-corrected chi connectivity index (χ2v) is 8.99. The molecule has 0 aliphatic rings. The van der Waals surface area contributed by atoms with Gasteiger partial charge in [0.2, 0.25) is 0 Å². The van der Waals surface area contributed by atoms with Gasteiger partial charge in [0, 0.05) is 24.2 Å². The van der Waals surface area contributed by atoms with Crippen LogP contribution in [-0.2, 0) is 22.5 Å². The first-order valence-corrected chi connectivity index (χ1v) is 12.3. The van der Waals surface area contributed by atoms with E-state index in [4.69, 9.17) is 9.47 Å². The van der Waals surface area contributed by atoms with Crippen molar-refractivity contribution < 1.29 is 24.6 Å². The maximum absolute atomic E-state index is 12.6. The average molecular weight is 507 g/mol. The van der Waals surface area contributed by atoms with Crippen LogP contribution in [0.25, 0.3) is 10.2 Å². The van der Waals surface area contributed by atoms with Crippen LogP contribution in [0.1, 0.15) is 23.6 Å². The molecule has 0 aliphatic carbocycles. The van der Waals surface area contributed by atoms with E-state index in [0.29, 0.717) is 24.6 Å². The molecule has 3 aromatic carbocycles. The van der Waals surface area contributed by atoms with Gasteiger partial charge < -0.3 is 19.8 Å². The molecule has 0 saturated carbocycles. The lowest BCUT2D eigenvalue weighted by Gasteiger charge is -2.13. The summed E-state index contributed by atoms with van der Waals surface area (Å²) < 4.78 is 13.5. The number of oxime groups is 1. The quantitative estimate of drug-likeness (QED) is 0.177. The Balaban J connectivity index is 1.42. The van der Waals surface area contributed by atoms with Gasteiger partial charge in [-0.1, -0.05) is 65.0 Å². The van der Waals surface area contributed by atoms with Crippen LogP contribution in [0.3, 0.4) is 0 Å². The molecule has 1 aromatic heterocycles. The van der Waals surface area contributed by atoms with Crippen molar-refractivity contribution in [1.82, 2.24) is 4.57 Å². The molecule has 1 atom stereocenters. The number of nitrogens with zero attached hydrogens (tertiary/aromatic N) is 2. The minimum Gasteiger partial charge on any atom is -0.492 e. The molecule has 0 aliphatic heterocycles. The van der Waals surface area contributed by atoms with Gasteiger partial charge in [0.25, 0.3) is 0 Å². The SMILES string of the molecule is CCOC(Cc1ccc(OCCn2c(=O)sc3cc(/C(=N\O)c4ccccc4)ccc32)cc1)C(=O)O. The van der Waals surface area contributed by atoms with Crippen LogP contribution >= 0.6 is 11.3 Å². The molecule has 0 radical (unpaired) electrons. The third kappa shape index (κ3) is 5.81. The number of thiazole rings is 1. The summed E-state index contributed by atoms with van der Waals surface area (Å²) >= 11 is 1.13. The first-order chi connectivity index (χ1) is 17.5. The van der Waals surface area contributed by atoms with Crippen LogP contribution in [0.4, 0.5) is 0 Å². The molecule has 186 valence electrons. The summed E-state index contributed by atoms with van der Waals surface area (Å²) in [6, 6.07) is 22.1. The largest absolute Gasteiger partial charge is 0.492 e. The molecule has 0 spiro atoms. The molecular weight excluding hydrogens is 480 g/mol. The fourth-order valence-electron chi connectivity index (χ4n) is 3.91. The zero-order valence-corrected chi connectivity index (χ0v) is 20.5. The summed E-state index contributed by atoms with van der Waals surface area (Å²) in [6.45, 7) is 2.75. The topological polar surface area (TPSA) is 110 Å². The molecule has 1 heterocycles. The monoisotopic (exact) mass is 506 g/mol. The van der Waals surface area contributed by atoms with Crippen molar-refractivity contribution >= 4 is 33.2 Å². The smallest absolute Gasteiger partial charge is 0.333 e. The van der Waals surface area contributed by atoms with Crippen molar-refractivity contribution in [3.05, 3.63) is 99.2 Å². The number of aromatic nitrogens is 1. The van der Waals surface area contributed by atoms with Crippen LogP contribution in [0, 0.1) is 0 Å². The molecule has 4 aromatic rings. The highest BCUT2D eigenvalue weighted by atomic mass is 32.1. The Kier molecular flexibility index (Phi) is 8.14. The van der Waals surface area contributed by atoms with E-state index in [1.54, 1.807) is 23.6 Å². The normalized spacial score (nSPS) is 12.5. The van der Waals surface area contributed by atoms with Gasteiger partial charge in [-0.3, -0.25) is 9.36 Å². The zero-order valence-electron chi connectivity index (χ0n) is 19.7. The molecule has 0 saturated heterocycles. The van der Waals surface area contributed by atoms with E-state index < -0.39 is 12.1 Å². The molecular formula is C27H26N2O6S. The van der Waals surface area contributed by atoms with Crippen molar-refractivity contribution in [3.8, 4) is 5.75 Å². The average Bonchev–Trinajstić information content (AvgIpc) is 3.20. The van der Waals surface area contributed by atoms with Gasteiger partial charge in [-0.05, 0) is 36.8 Å². The number of carboxylic acids is 1. The predicted molar refractivity (Wildman–Crippen MR) is 139 cm³/mol. The highest BCUT2D eigenvalue weighted by Gasteiger charge is 2.18. The Labute approximate surface area is 211 Å². The van der Waals surface area contributed by atoms with E-state index in [2.05, 4.69) is 5.16 Å². The third-order valence-electron chi connectivity index (χ3n) is 5.66. The van der Waals surface area contributed by atoms with Gasteiger partial charge in [0.05, 0.1) is 16.8 Å². The number of carbonyl (C=O) groups is 1. The number of hydrogen-bond acceptors (Lipinski definition) is 7. The van der Waals surface area contributed by atoms with Crippen LogP contribution in [-0.4, -0.2) is 45.9 Å². The Morgan fingerprint density at radius 3 is 2.47 bits per heavy atom. The second kappa shape index (κ2) is 11.7. The summed E-state index contributed by atoms with van der Waals surface area (Å²) in [4.78, 5) is 23.8. The molecule has 9 heteroatoms. The lowest BCUT2D eigenvalue weighted by molar-refractivity contribution is -0.149. The van der Waals surface area contributed by atoms with Gasteiger partial charge in [-0.25, -0.2) is 4.79 Å². The Hall–Kier alpha value is -3.95. The summed E-state index contributed by atoms with van der Waals surface area (Å²) in [5, 5.41) is 22.3. The van der Waals surface area contributed by atoms with Crippen LogP contribution in [0.2, 0.25) is 0 Å². The maximum Gasteiger partial charge on any atom is 0.333 e. The summed E-state index contributed by atoms with van der Waals surface area (Å²) in [6.07, 6.45) is -0.609. The lowest BCUT2D eigenvalue weighted by Crippen LogP contribution is -2.26. The molecule has 0 amide bonds. The number of ether oxygens (including phenoxy) is 2. The van der Waals surface area contributed by atoms with Crippen molar-refractivity contribution in [2.45, 2.75) is 26.0 Å². The number of aliphatic carboxylic acids is 1. The van der Waals surface area contributed by atoms with Crippen molar-refractivity contribution in [2.75, 3.05) is 13.2 Å². The van der Waals surface area contributed by atoms with E-state index in [1.165, 1.54) is 0 Å². The van der Waals surface area contributed by atoms with Crippen molar-refractivity contribution in [1.29, 1.82) is 0 Å². The summed E-state index contributed by atoms with van der Waals surface area (Å²) in [5.41, 5.74) is 3.55. The van der Waals surface area contributed by atoms with E-state index in [-0.39, 0.29) is 17.9 Å². The lowest BCUT2D eigenvalue weighted by atomic mass is 10.0. The van der Waals surface area contributed by atoms with Gasteiger partial charge in [-0.2, -0.15) is 0 Å². The Morgan fingerprint density at radius 2 is 1.81 bits per heavy atom. The van der Waals surface area contributed by atoms with Gasteiger partial charge >= 0.3 is 10.8 Å². The number of fused-ring (bicyclic) bond motifs is 1. The minimum atomic E-state index is -0.988. The van der Waals surface area contributed by atoms with Gasteiger partial charge in [-0.15, -0.1) is 0 Å². The predicted octanol–water partition coefficient (Wildman–Crippen LogP) is 4.40. The van der Waals surface area contributed by atoms with E-state index in [0.717, 1.165) is 38.2 Å². The first kappa shape index (κ1) is 25.2. The molecule has 0 bridgehead atoms. The van der Waals surface area contributed by atoms with Gasteiger partial charge in [0.1, 0.15) is 18.1 Å². The highest BCUT2D eigenvalue weighted by molar-refractivity contribution is 7.16. The van der Waals surface area contributed by atoms with Crippen LogP contribution in [0.15, 0.2) is 82.7 Å². The van der Waals surface area contributed by atoms with Gasteiger partial charge in [0.15, 0.2) is 6.10 Å². The van der Waals surface area contributed by atoms with Crippen molar-refractivity contribution in [2.24, 2.45) is 5.16 Å². The van der Waals surface area contributed by atoms with Crippen LogP contribution < -0.4 is 9.61 Å².